The van der Waals surface area contributed by atoms with E-state index in [0.29, 0.717) is 6.54 Å². The molecule has 0 saturated carbocycles. The van der Waals surface area contributed by atoms with E-state index in [9.17, 15) is 9.59 Å². The maximum atomic E-state index is 13.4. The van der Waals surface area contributed by atoms with Crippen molar-refractivity contribution in [1.82, 2.24) is 14.8 Å². The molecule has 3 aliphatic rings. The number of carbonyl (C=O) groups is 2. The third kappa shape index (κ3) is 2.93. The van der Waals surface area contributed by atoms with Gasteiger partial charge in [0.05, 0.1) is 12.0 Å². The first kappa shape index (κ1) is 18.2. The van der Waals surface area contributed by atoms with Crippen LogP contribution in [0.3, 0.4) is 0 Å². The van der Waals surface area contributed by atoms with Gasteiger partial charge in [-0.25, -0.2) is 4.79 Å². The normalized spacial score (nSPS) is 21.9. The Bertz CT molecular complexity index is 1210. The lowest BCUT2D eigenvalue weighted by Crippen LogP contribution is -2.54. The topological polar surface area (TPSA) is 68.4 Å². The van der Waals surface area contributed by atoms with Crippen LogP contribution in [-0.2, 0) is 11.2 Å². The van der Waals surface area contributed by atoms with Crippen LogP contribution in [0, 0.1) is 5.92 Å². The Labute approximate surface area is 180 Å². The predicted octanol–water partition coefficient (Wildman–Crippen LogP) is 3.87. The standard InChI is InChI=1S/C25H24N4O2/c30-24(28-10-5-11-28)17-12-20-19-8-4-9-21-23(19)16(14-26-21)13-22(20)29(15-17)25(31)27-18-6-2-1-3-7-18/h1-4,6-9,12,14,17,22,26H,5,10-11,13,15H2,(H,27,31)/t17-,22-/m1/s1. The smallest absolute Gasteiger partial charge is 0.322 e. The van der Waals surface area contributed by atoms with Crippen LogP contribution in [-0.4, -0.2) is 52.4 Å². The number of fused-ring (bicyclic) bond motifs is 2. The number of rotatable bonds is 2. The third-order valence-corrected chi connectivity index (χ3v) is 6.79. The summed E-state index contributed by atoms with van der Waals surface area (Å²) in [6, 6.07) is 15.5. The molecule has 1 saturated heterocycles. The number of H-pyrrole nitrogens is 1. The van der Waals surface area contributed by atoms with Crippen LogP contribution in [0.15, 0.2) is 60.8 Å². The molecule has 1 aliphatic carbocycles. The lowest BCUT2D eigenvalue weighted by atomic mass is 9.79. The summed E-state index contributed by atoms with van der Waals surface area (Å²) in [7, 11) is 0. The largest absolute Gasteiger partial charge is 0.361 e. The van der Waals surface area contributed by atoms with Crippen molar-refractivity contribution in [3.8, 4) is 0 Å². The number of hydrogen-bond donors (Lipinski definition) is 2. The molecule has 31 heavy (non-hydrogen) atoms. The molecule has 0 bridgehead atoms. The Morgan fingerprint density at radius 3 is 2.65 bits per heavy atom. The quantitative estimate of drug-likeness (QED) is 0.671. The number of benzene rings is 2. The number of aromatic amines is 1. The van der Waals surface area contributed by atoms with Crippen LogP contribution in [0.4, 0.5) is 10.5 Å². The number of hydrogen-bond acceptors (Lipinski definition) is 2. The molecule has 2 aliphatic heterocycles. The first-order valence-electron chi connectivity index (χ1n) is 10.9. The van der Waals surface area contributed by atoms with E-state index in [1.54, 1.807) is 0 Å². The minimum absolute atomic E-state index is 0.0851. The summed E-state index contributed by atoms with van der Waals surface area (Å²) in [4.78, 5) is 33.7. The van der Waals surface area contributed by atoms with Crippen molar-refractivity contribution in [1.29, 1.82) is 0 Å². The lowest BCUT2D eigenvalue weighted by Gasteiger charge is -2.43. The summed E-state index contributed by atoms with van der Waals surface area (Å²) < 4.78 is 0. The molecule has 2 aromatic carbocycles. The number of urea groups is 1. The molecule has 1 aromatic heterocycles. The molecule has 6 rings (SSSR count). The van der Waals surface area contributed by atoms with Crippen LogP contribution in [0.25, 0.3) is 16.5 Å². The molecular formula is C25H24N4O2. The predicted molar refractivity (Wildman–Crippen MR) is 121 cm³/mol. The maximum absolute atomic E-state index is 13.4. The number of carbonyl (C=O) groups excluding carboxylic acids is 2. The summed E-state index contributed by atoms with van der Waals surface area (Å²) in [6.45, 7) is 2.03. The van der Waals surface area contributed by atoms with Crippen molar-refractivity contribution in [2.45, 2.75) is 18.9 Å². The molecule has 0 unspecified atom stereocenters. The van der Waals surface area contributed by atoms with Gasteiger partial charge in [-0.3, -0.25) is 4.79 Å². The molecular weight excluding hydrogens is 388 g/mol. The van der Waals surface area contributed by atoms with Crippen molar-refractivity contribution in [2.24, 2.45) is 5.92 Å². The Hall–Kier alpha value is -3.54. The van der Waals surface area contributed by atoms with Gasteiger partial charge in [0.1, 0.15) is 0 Å². The van der Waals surface area contributed by atoms with Gasteiger partial charge in [-0.1, -0.05) is 36.4 Å². The van der Waals surface area contributed by atoms with E-state index < -0.39 is 0 Å². The average molecular weight is 412 g/mol. The highest BCUT2D eigenvalue weighted by Crippen LogP contribution is 2.41. The fourth-order valence-corrected chi connectivity index (χ4v) is 5.10. The third-order valence-electron chi connectivity index (χ3n) is 6.79. The maximum Gasteiger partial charge on any atom is 0.322 e. The number of anilines is 1. The van der Waals surface area contributed by atoms with Gasteiger partial charge in [0.15, 0.2) is 0 Å². The molecule has 156 valence electrons. The van der Waals surface area contributed by atoms with Gasteiger partial charge in [-0.2, -0.15) is 0 Å². The molecule has 2 atom stereocenters. The fourth-order valence-electron chi connectivity index (χ4n) is 5.10. The second kappa shape index (κ2) is 7.01. The zero-order valence-electron chi connectivity index (χ0n) is 17.2. The second-order valence-electron chi connectivity index (χ2n) is 8.62. The molecule has 3 aromatic rings. The first-order valence-corrected chi connectivity index (χ1v) is 10.9. The highest BCUT2D eigenvalue weighted by Gasteiger charge is 2.41. The van der Waals surface area contributed by atoms with Crippen molar-refractivity contribution >= 4 is 34.1 Å². The number of para-hydroxylation sites is 1. The summed E-state index contributed by atoms with van der Waals surface area (Å²) >= 11 is 0. The average Bonchev–Trinajstić information content (AvgIpc) is 3.17. The van der Waals surface area contributed by atoms with E-state index >= 15 is 0 Å². The fraction of sp³-hybridized carbons (Fsp3) is 0.280. The number of likely N-dealkylation sites (tertiary alicyclic amines) is 1. The number of nitrogens with one attached hydrogen (secondary N) is 2. The Balaban J connectivity index is 1.41. The zero-order valence-corrected chi connectivity index (χ0v) is 17.2. The highest BCUT2D eigenvalue weighted by molar-refractivity contribution is 6.01. The van der Waals surface area contributed by atoms with Crippen LogP contribution in [0.1, 0.15) is 17.5 Å². The highest BCUT2D eigenvalue weighted by atomic mass is 16.2. The summed E-state index contributed by atoms with van der Waals surface area (Å²) in [5.74, 6) is -0.189. The molecule has 3 heterocycles. The molecule has 6 nitrogen and oxygen atoms in total. The molecule has 0 radical (unpaired) electrons. The number of aromatic nitrogens is 1. The van der Waals surface area contributed by atoms with E-state index in [1.165, 1.54) is 10.9 Å². The van der Waals surface area contributed by atoms with Gasteiger partial charge in [0.2, 0.25) is 5.91 Å². The van der Waals surface area contributed by atoms with Crippen LogP contribution in [0.2, 0.25) is 0 Å². The molecule has 0 spiro atoms. The second-order valence-corrected chi connectivity index (χ2v) is 8.62. The Morgan fingerprint density at radius 2 is 1.87 bits per heavy atom. The molecule has 3 amide bonds. The Morgan fingerprint density at radius 1 is 1.03 bits per heavy atom. The van der Waals surface area contributed by atoms with Crippen LogP contribution in [0.5, 0.6) is 0 Å². The van der Waals surface area contributed by atoms with E-state index in [1.807, 2.05) is 46.2 Å². The van der Waals surface area contributed by atoms with Crippen molar-refractivity contribution in [3.63, 3.8) is 0 Å². The first-order chi connectivity index (χ1) is 15.2. The zero-order chi connectivity index (χ0) is 20.9. The lowest BCUT2D eigenvalue weighted by molar-refractivity contribution is -0.138. The van der Waals surface area contributed by atoms with Gasteiger partial charge in [0.25, 0.3) is 0 Å². The van der Waals surface area contributed by atoms with Crippen LogP contribution < -0.4 is 5.32 Å². The number of nitrogens with zero attached hydrogens (tertiary/aromatic N) is 2. The van der Waals surface area contributed by atoms with E-state index in [2.05, 4.69) is 34.7 Å². The van der Waals surface area contributed by atoms with Gasteiger partial charge in [0, 0.05) is 42.4 Å². The van der Waals surface area contributed by atoms with Gasteiger partial charge >= 0.3 is 6.03 Å². The van der Waals surface area contributed by atoms with E-state index in [-0.39, 0.29) is 23.9 Å². The SMILES string of the molecule is O=C([C@@H]1C=C2c3cccc4[nH]cc(c34)C[C@H]2N(C(=O)Nc2ccccc2)C1)N1CCC1. The van der Waals surface area contributed by atoms with Crippen molar-refractivity contribution in [2.75, 3.05) is 25.0 Å². The van der Waals surface area contributed by atoms with Crippen molar-refractivity contribution in [3.05, 3.63) is 71.9 Å². The van der Waals surface area contributed by atoms with Crippen LogP contribution >= 0.6 is 0 Å². The monoisotopic (exact) mass is 412 g/mol. The van der Waals surface area contributed by atoms with E-state index in [4.69, 9.17) is 0 Å². The van der Waals surface area contributed by atoms with E-state index in [0.717, 1.165) is 48.3 Å². The molecule has 2 N–H and O–H groups in total. The summed E-state index contributed by atoms with van der Waals surface area (Å²) in [5.41, 5.74) is 5.30. The molecule has 1 fully saturated rings. The summed E-state index contributed by atoms with van der Waals surface area (Å²) in [5, 5.41) is 4.24. The summed E-state index contributed by atoms with van der Waals surface area (Å²) in [6.07, 6.45) is 5.98. The minimum atomic E-state index is -0.316. The van der Waals surface area contributed by atoms with Crippen molar-refractivity contribution < 1.29 is 9.59 Å². The minimum Gasteiger partial charge on any atom is -0.361 e. The van der Waals surface area contributed by atoms with Gasteiger partial charge < -0.3 is 20.1 Å². The van der Waals surface area contributed by atoms with Gasteiger partial charge in [-0.15, -0.1) is 0 Å². The Kier molecular flexibility index (Phi) is 4.13. The number of amides is 3. The van der Waals surface area contributed by atoms with Gasteiger partial charge in [-0.05, 0) is 47.7 Å². The molecule has 6 heteroatoms.